The number of ether oxygens (including phenoxy) is 1. The Morgan fingerprint density at radius 1 is 1.33 bits per heavy atom. The van der Waals surface area contributed by atoms with Crippen molar-refractivity contribution in [2.45, 2.75) is 26.8 Å². The third-order valence-corrected chi connectivity index (χ3v) is 4.20. The van der Waals surface area contributed by atoms with Crippen molar-refractivity contribution in [2.24, 2.45) is 5.92 Å². The molecule has 1 amide bonds. The van der Waals surface area contributed by atoms with Crippen LogP contribution in [0.15, 0.2) is 18.2 Å². The number of aliphatic carboxylic acids is 1. The molecule has 1 aliphatic rings. The summed E-state index contributed by atoms with van der Waals surface area (Å²) in [5, 5.41) is 9.26. The third-order valence-electron chi connectivity index (χ3n) is 4.20. The second-order valence-corrected chi connectivity index (χ2v) is 5.39. The number of carboxylic acid groups (broad SMARTS) is 1. The normalized spacial score (nSPS) is 21.3. The molecule has 1 heterocycles. The Kier molecular flexibility index (Phi) is 4.63. The predicted octanol–water partition coefficient (Wildman–Crippen LogP) is 1.87. The number of amides is 1. The molecule has 1 saturated heterocycles. The number of aryl methyl sites for hydroxylation is 1. The summed E-state index contributed by atoms with van der Waals surface area (Å²) in [4.78, 5) is 25.7. The summed E-state index contributed by atoms with van der Waals surface area (Å²) in [6, 6.07) is 5.20. The number of benzene rings is 1. The lowest BCUT2D eigenvalue weighted by atomic mass is 9.98. The smallest absolute Gasteiger partial charge is 0.311 e. The maximum atomic E-state index is 12.8. The fourth-order valence-electron chi connectivity index (χ4n) is 2.75. The predicted molar refractivity (Wildman–Crippen MR) is 78.4 cm³/mol. The number of carboxylic acids is 1. The van der Waals surface area contributed by atoms with Crippen molar-refractivity contribution < 1.29 is 19.4 Å². The number of likely N-dealkylation sites (N-methyl/N-ethyl adjacent to an activating group) is 1. The SMILES string of the molecule is CCN(C(=O)c1cccc(C)c1C)C1COCC1C(=O)O. The van der Waals surface area contributed by atoms with E-state index in [2.05, 4.69) is 0 Å². The van der Waals surface area contributed by atoms with Gasteiger partial charge >= 0.3 is 5.97 Å². The quantitative estimate of drug-likeness (QED) is 0.919. The van der Waals surface area contributed by atoms with Crippen LogP contribution >= 0.6 is 0 Å². The Morgan fingerprint density at radius 2 is 2.05 bits per heavy atom. The van der Waals surface area contributed by atoms with Gasteiger partial charge in [0, 0.05) is 12.1 Å². The van der Waals surface area contributed by atoms with Crippen molar-refractivity contribution in [2.75, 3.05) is 19.8 Å². The largest absolute Gasteiger partial charge is 0.481 e. The highest BCUT2D eigenvalue weighted by Crippen LogP contribution is 2.23. The minimum absolute atomic E-state index is 0.125. The number of nitrogens with zero attached hydrogens (tertiary/aromatic N) is 1. The Bertz CT molecular complexity index is 555. The van der Waals surface area contributed by atoms with Crippen molar-refractivity contribution >= 4 is 11.9 Å². The molecule has 1 aliphatic heterocycles. The molecule has 1 aromatic carbocycles. The standard InChI is InChI=1S/C16H21NO4/c1-4-17(14-9-21-8-13(14)16(19)20)15(18)12-7-5-6-10(2)11(12)3/h5-7,13-14H,4,8-9H2,1-3H3,(H,19,20). The molecule has 0 radical (unpaired) electrons. The first-order chi connectivity index (χ1) is 9.97. The summed E-state index contributed by atoms with van der Waals surface area (Å²) in [6.45, 7) is 6.64. The molecule has 5 nitrogen and oxygen atoms in total. The molecule has 114 valence electrons. The molecule has 0 saturated carbocycles. The summed E-state index contributed by atoms with van der Waals surface area (Å²) >= 11 is 0. The summed E-state index contributed by atoms with van der Waals surface area (Å²) < 4.78 is 5.28. The molecule has 0 aliphatic carbocycles. The van der Waals surface area contributed by atoms with E-state index in [-0.39, 0.29) is 19.1 Å². The van der Waals surface area contributed by atoms with E-state index in [0.717, 1.165) is 11.1 Å². The van der Waals surface area contributed by atoms with Gasteiger partial charge in [0.15, 0.2) is 0 Å². The van der Waals surface area contributed by atoms with Crippen LogP contribution in [-0.2, 0) is 9.53 Å². The first-order valence-corrected chi connectivity index (χ1v) is 7.15. The highest BCUT2D eigenvalue weighted by Gasteiger charge is 2.39. The average molecular weight is 291 g/mol. The highest BCUT2D eigenvalue weighted by molar-refractivity contribution is 5.96. The van der Waals surface area contributed by atoms with Crippen LogP contribution in [-0.4, -0.2) is 47.7 Å². The van der Waals surface area contributed by atoms with E-state index >= 15 is 0 Å². The summed E-state index contributed by atoms with van der Waals surface area (Å²) in [5.41, 5.74) is 2.62. The van der Waals surface area contributed by atoms with E-state index in [9.17, 15) is 14.7 Å². The van der Waals surface area contributed by atoms with Gasteiger partial charge in [-0.15, -0.1) is 0 Å². The summed E-state index contributed by atoms with van der Waals surface area (Å²) in [6.07, 6.45) is 0. The zero-order chi connectivity index (χ0) is 15.6. The maximum absolute atomic E-state index is 12.8. The Labute approximate surface area is 124 Å². The molecule has 1 fully saturated rings. The van der Waals surface area contributed by atoms with Gasteiger partial charge in [-0.25, -0.2) is 0 Å². The molecule has 5 heteroatoms. The molecular formula is C16H21NO4. The molecular weight excluding hydrogens is 270 g/mol. The second-order valence-electron chi connectivity index (χ2n) is 5.39. The monoisotopic (exact) mass is 291 g/mol. The minimum Gasteiger partial charge on any atom is -0.481 e. The Hall–Kier alpha value is -1.88. The number of carbonyl (C=O) groups excluding carboxylic acids is 1. The first kappa shape index (κ1) is 15.5. The van der Waals surface area contributed by atoms with E-state index in [1.165, 1.54) is 0 Å². The fourth-order valence-corrected chi connectivity index (χ4v) is 2.75. The first-order valence-electron chi connectivity index (χ1n) is 7.15. The van der Waals surface area contributed by atoms with Gasteiger partial charge in [-0.05, 0) is 38.0 Å². The number of rotatable bonds is 4. The number of hydrogen-bond donors (Lipinski definition) is 1. The Balaban J connectivity index is 2.30. The van der Waals surface area contributed by atoms with Gasteiger partial charge in [-0.3, -0.25) is 9.59 Å². The fraction of sp³-hybridized carbons (Fsp3) is 0.500. The van der Waals surface area contributed by atoms with E-state index in [4.69, 9.17) is 4.74 Å². The van der Waals surface area contributed by atoms with Crippen molar-refractivity contribution in [1.82, 2.24) is 4.90 Å². The van der Waals surface area contributed by atoms with Crippen molar-refractivity contribution in [1.29, 1.82) is 0 Å². The molecule has 21 heavy (non-hydrogen) atoms. The van der Waals surface area contributed by atoms with E-state index in [1.54, 1.807) is 11.0 Å². The second kappa shape index (κ2) is 6.26. The minimum atomic E-state index is -0.912. The molecule has 0 spiro atoms. The molecule has 2 atom stereocenters. The van der Waals surface area contributed by atoms with Crippen molar-refractivity contribution in [3.05, 3.63) is 34.9 Å². The zero-order valence-corrected chi connectivity index (χ0v) is 12.6. The van der Waals surface area contributed by atoms with E-state index < -0.39 is 17.9 Å². The van der Waals surface area contributed by atoms with Gasteiger partial charge in [-0.2, -0.15) is 0 Å². The van der Waals surface area contributed by atoms with Crippen LogP contribution in [0.25, 0.3) is 0 Å². The van der Waals surface area contributed by atoms with Crippen LogP contribution in [0.3, 0.4) is 0 Å². The molecule has 0 bridgehead atoms. The van der Waals surface area contributed by atoms with Crippen LogP contribution < -0.4 is 0 Å². The lowest BCUT2D eigenvalue weighted by Crippen LogP contribution is -2.46. The molecule has 2 unspecified atom stereocenters. The lowest BCUT2D eigenvalue weighted by molar-refractivity contribution is -0.142. The van der Waals surface area contributed by atoms with Crippen LogP contribution in [0.4, 0.5) is 0 Å². The van der Waals surface area contributed by atoms with Crippen LogP contribution in [0.1, 0.15) is 28.4 Å². The number of carbonyl (C=O) groups is 2. The van der Waals surface area contributed by atoms with Crippen LogP contribution in [0, 0.1) is 19.8 Å². The molecule has 2 rings (SSSR count). The number of hydrogen-bond acceptors (Lipinski definition) is 3. The van der Waals surface area contributed by atoms with E-state index in [0.29, 0.717) is 12.1 Å². The molecule has 1 aromatic rings. The Morgan fingerprint density at radius 3 is 2.67 bits per heavy atom. The summed E-state index contributed by atoms with van der Waals surface area (Å²) in [7, 11) is 0. The van der Waals surface area contributed by atoms with Gasteiger partial charge < -0.3 is 14.7 Å². The van der Waals surface area contributed by atoms with Crippen molar-refractivity contribution in [3.8, 4) is 0 Å². The maximum Gasteiger partial charge on any atom is 0.311 e. The van der Waals surface area contributed by atoms with Crippen LogP contribution in [0.2, 0.25) is 0 Å². The molecule has 1 N–H and O–H groups in total. The lowest BCUT2D eigenvalue weighted by Gasteiger charge is -2.30. The third kappa shape index (κ3) is 2.93. The van der Waals surface area contributed by atoms with Gasteiger partial charge in [0.1, 0.15) is 5.92 Å². The highest BCUT2D eigenvalue weighted by atomic mass is 16.5. The zero-order valence-electron chi connectivity index (χ0n) is 12.6. The van der Waals surface area contributed by atoms with Crippen LogP contribution in [0.5, 0.6) is 0 Å². The van der Waals surface area contributed by atoms with Gasteiger partial charge in [0.2, 0.25) is 0 Å². The molecule has 0 aromatic heterocycles. The summed E-state index contributed by atoms with van der Waals surface area (Å²) in [5.74, 6) is -1.69. The topological polar surface area (TPSA) is 66.8 Å². The van der Waals surface area contributed by atoms with Crippen molar-refractivity contribution in [3.63, 3.8) is 0 Å². The van der Waals surface area contributed by atoms with Gasteiger partial charge in [0.25, 0.3) is 5.91 Å². The average Bonchev–Trinajstić information content (AvgIpc) is 2.92. The van der Waals surface area contributed by atoms with Gasteiger partial charge in [-0.1, -0.05) is 12.1 Å². The van der Waals surface area contributed by atoms with Gasteiger partial charge in [0.05, 0.1) is 19.3 Å². The van der Waals surface area contributed by atoms with E-state index in [1.807, 2.05) is 32.9 Å².